The Balaban J connectivity index is 1.69. The van der Waals surface area contributed by atoms with Crippen LogP contribution in [0.2, 0.25) is 0 Å². The maximum Gasteiger partial charge on any atom is 0.226 e. The van der Waals surface area contributed by atoms with Crippen LogP contribution in [-0.4, -0.2) is 20.1 Å². The molecule has 3 rings (SSSR count). The minimum atomic E-state index is 0.627. The number of aryl methyl sites for hydroxylation is 1. The Kier molecular flexibility index (Phi) is 3.60. The van der Waals surface area contributed by atoms with Gasteiger partial charge >= 0.3 is 0 Å². The number of hydrogen-bond acceptors (Lipinski definition) is 6. The highest BCUT2D eigenvalue weighted by Gasteiger charge is 2.08. The first kappa shape index (κ1) is 13.0. The van der Waals surface area contributed by atoms with Gasteiger partial charge in [-0.2, -0.15) is 4.98 Å². The molecule has 0 spiro atoms. The molecule has 0 aliphatic carbocycles. The molecule has 0 aliphatic rings. The van der Waals surface area contributed by atoms with Crippen LogP contribution < -0.4 is 5.73 Å². The zero-order valence-electron chi connectivity index (χ0n) is 11.1. The third-order valence-electron chi connectivity index (χ3n) is 2.80. The molecule has 0 amide bonds. The summed E-state index contributed by atoms with van der Waals surface area (Å²) in [4.78, 5) is 12.0. The molecular weight excluding hydrogens is 274 g/mol. The van der Waals surface area contributed by atoms with Crippen molar-refractivity contribution in [2.24, 2.45) is 0 Å². The van der Waals surface area contributed by atoms with Crippen molar-refractivity contribution in [2.75, 3.05) is 5.73 Å². The number of H-pyrrole nitrogens is 1. The number of hydrogen-bond donors (Lipinski definition) is 2. The Bertz CT molecular complexity index is 720. The second kappa shape index (κ2) is 5.54. The first-order valence-corrected chi connectivity index (χ1v) is 7.42. The van der Waals surface area contributed by atoms with Gasteiger partial charge in [0.05, 0.1) is 16.8 Å². The van der Waals surface area contributed by atoms with Gasteiger partial charge in [0.2, 0.25) is 5.89 Å². The highest BCUT2D eigenvalue weighted by molar-refractivity contribution is 7.98. The molecule has 3 aromatic rings. The summed E-state index contributed by atoms with van der Waals surface area (Å²) in [5.41, 5.74) is 8.31. The van der Waals surface area contributed by atoms with E-state index >= 15 is 0 Å². The van der Waals surface area contributed by atoms with E-state index in [4.69, 9.17) is 10.3 Å². The lowest BCUT2D eigenvalue weighted by molar-refractivity contribution is 0.373. The average Bonchev–Trinajstić information content (AvgIpc) is 3.02. The summed E-state index contributed by atoms with van der Waals surface area (Å²) in [5, 5.41) is 4.78. The van der Waals surface area contributed by atoms with Crippen molar-refractivity contribution in [3.8, 4) is 0 Å². The molecule has 0 saturated heterocycles. The van der Waals surface area contributed by atoms with Crippen molar-refractivity contribution in [2.45, 2.75) is 30.7 Å². The second-order valence-corrected chi connectivity index (χ2v) is 5.43. The van der Waals surface area contributed by atoms with E-state index in [1.807, 2.05) is 18.2 Å². The van der Waals surface area contributed by atoms with Gasteiger partial charge in [-0.3, -0.25) is 0 Å². The van der Waals surface area contributed by atoms with Crippen LogP contribution in [0.3, 0.4) is 0 Å². The number of anilines is 1. The molecule has 0 fully saturated rings. The van der Waals surface area contributed by atoms with Gasteiger partial charge in [0.15, 0.2) is 11.0 Å². The highest BCUT2D eigenvalue weighted by Crippen LogP contribution is 2.23. The fourth-order valence-electron chi connectivity index (χ4n) is 1.87. The number of aromatic amines is 1. The van der Waals surface area contributed by atoms with E-state index in [1.54, 1.807) is 11.8 Å². The lowest BCUT2D eigenvalue weighted by atomic mass is 10.3. The van der Waals surface area contributed by atoms with Crippen LogP contribution in [0.4, 0.5) is 5.69 Å². The van der Waals surface area contributed by atoms with Gasteiger partial charge in [0.25, 0.3) is 0 Å². The molecule has 0 atom stereocenters. The molecule has 2 heterocycles. The lowest BCUT2D eigenvalue weighted by Gasteiger charge is -1.91. The van der Waals surface area contributed by atoms with Crippen molar-refractivity contribution < 1.29 is 4.52 Å². The number of thioether (sulfide) groups is 1. The van der Waals surface area contributed by atoms with E-state index in [0.717, 1.165) is 34.7 Å². The summed E-state index contributed by atoms with van der Waals surface area (Å²) in [7, 11) is 0. The van der Waals surface area contributed by atoms with Crippen LogP contribution in [0.25, 0.3) is 11.0 Å². The van der Waals surface area contributed by atoms with Crippen LogP contribution in [0.5, 0.6) is 0 Å². The minimum absolute atomic E-state index is 0.627. The van der Waals surface area contributed by atoms with Crippen molar-refractivity contribution in [1.29, 1.82) is 0 Å². The molecule has 0 bridgehead atoms. The van der Waals surface area contributed by atoms with Gasteiger partial charge < -0.3 is 15.2 Å². The van der Waals surface area contributed by atoms with E-state index in [9.17, 15) is 0 Å². The molecule has 7 heteroatoms. The molecule has 0 unspecified atom stereocenters. The van der Waals surface area contributed by atoms with Crippen LogP contribution in [-0.2, 0) is 12.2 Å². The van der Waals surface area contributed by atoms with Crippen molar-refractivity contribution in [1.82, 2.24) is 20.1 Å². The number of nitrogens with one attached hydrogen (secondary N) is 1. The number of aromatic nitrogens is 4. The zero-order chi connectivity index (χ0) is 13.9. The fourth-order valence-corrected chi connectivity index (χ4v) is 2.60. The van der Waals surface area contributed by atoms with Gasteiger partial charge in [-0.05, 0) is 24.6 Å². The largest absolute Gasteiger partial charge is 0.399 e. The van der Waals surface area contributed by atoms with Gasteiger partial charge in [-0.25, -0.2) is 4.98 Å². The molecule has 0 saturated carbocycles. The summed E-state index contributed by atoms with van der Waals surface area (Å²) in [6, 6.07) is 5.62. The molecule has 2 aromatic heterocycles. The third-order valence-corrected chi connectivity index (χ3v) is 3.67. The smallest absolute Gasteiger partial charge is 0.226 e. The standard InChI is InChI=1S/C13H15N5OS/c1-2-3-12-17-11(18-19-12)7-20-13-15-9-5-4-8(14)6-10(9)16-13/h4-6H,2-3,7,14H2,1H3,(H,15,16). The zero-order valence-corrected chi connectivity index (χ0v) is 11.9. The number of nitrogens with two attached hydrogens (primary N) is 1. The second-order valence-electron chi connectivity index (χ2n) is 4.46. The number of benzene rings is 1. The maximum atomic E-state index is 5.74. The SMILES string of the molecule is CCCc1nc(CSc2nc3ccc(N)cc3[nH]2)no1. The predicted molar refractivity (Wildman–Crippen MR) is 78.4 cm³/mol. The van der Waals surface area contributed by atoms with Crippen molar-refractivity contribution in [3.63, 3.8) is 0 Å². The third kappa shape index (κ3) is 2.77. The van der Waals surface area contributed by atoms with Crippen LogP contribution >= 0.6 is 11.8 Å². The molecule has 104 valence electrons. The van der Waals surface area contributed by atoms with E-state index in [0.29, 0.717) is 17.5 Å². The minimum Gasteiger partial charge on any atom is -0.399 e. The maximum absolute atomic E-state index is 5.74. The number of fused-ring (bicyclic) bond motifs is 1. The Labute approximate surface area is 120 Å². The topological polar surface area (TPSA) is 93.6 Å². The predicted octanol–water partition coefficient (Wildman–Crippen LogP) is 2.77. The van der Waals surface area contributed by atoms with E-state index < -0.39 is 0 Å². The van der Waals surface area contributed by atoms with Gasteiger partial charge in [0, 0.05) is 12.1 Å². The van der Waals surface area contributed by atoms with Crippen LogP contribution in [0.15, 0.2) is 27.9 Å². The summed E-state index contributed by atoms with van der Waals surface area (Å²) in [6.07, 6.45) is 1.82. The molecule has 3 N–H and O–H groups in total. The van der Waals surface area contributed by atoms with Gasteiger partial charge in [-0.1, -0.05) is 23.8 Å². The Morgan fingerprint density at radius 1 is 1.35 bits per heavy atom. The molecule has 1 aromatic carbocycles. The molecule has 0 radical (unpaired) electrons. The number of nitrogen functional groups attached to an aromatic ring is 1. The van der Waals surface area contributed by atoms with Gasteiger partial charge in [-0.15, -0.1) is 0 Å². The number of imidazole rings is 1. The molecular formula is C13H15N5OS. The fraction of sp³-hybridized carbons (Fsp3) is 0.308. The first-order valence-electron chi connectivity index (χ1n) is 6.44. The monoisotopic (exact) mass is 289 g/mol. The summed E-state index contributed by atoms with van der Waals surface area (Å²) >= 11 is 1.54. The van der Waals surface area contributed by atoms with E-state index in [2.05, 4.69) is 27.0 Å². The Hall–Kier alpha value is -2.02. The van der Waals surface area contributed by atoms with E-state index in [-0.39, 0.29) is 0 Å². The summed E-state index contributed by atoms with van der Waals surface area (Å²) in [6.45, 7) is 2.08. The van der Waals surface area contributed by atoms with E-state index in [1.165, 1.54) is 0 Å². The molecule has 0 aliphatic heterocycles. The quantitative estimate of drug-likeness (QED) is 0.554. The normalized spacial score (nSPS) is 11.2. The van der Waals surface area contributed by atoms with Gasteiger partial charge in [0.1, 0.15) is 0 Å². The summed E-state index contributed by atoms with van der Waals surface area (Å²) < 4.78 is 5.15. The van der Waals surface area contributed by atoms with Crippen LogP contribution in [0.1, 0.15) is 25.1 Å². The Morgan fingerprint density at radius 3 is 3.10 bits per heavy atom. The van der Waals surface area contributed by atoms with Crippen molar-refractivity contribution in [3.05, 3.63) is 29.9 Å². The summed E-state index contributed by atoms with van der Waals surface area (Å²) in [5.74, 6) is 2.02. The van der Waals surface area contributed by atoms with Crippen LogP contribution in [0, 0.1) is 0 Å². The highest BCUT2D eigenvalue weighted by atomic mass is 32.2. The first-order chi connectivity index (χ1) is 9.74. The van der Waals surface area contributed by atoms with Crippen molar-refractivity contribution >= 4 is 28.5 Å². The average molecular weight is 289 g/mol. The molecule has 20 heavy (non-hydrogen) atoms. The lowest BCUT2D eigenvalue weighted by Crippen LogP contribution is -1.86. The molecule has 6 nitrogen and oxygen atoms in total. The number of rotatable bonds is 5. The number of nitrogens with zero attached hydrogens (tertiary/aromatic N) is 3. The Morgan fingerprint density at radius 2 is 2.25 bits per heavy atom.